The number of benzene rings is 1. The summed E-state index contributed by atoms with van der Waals surface area (Å²) in [5.74, 6) is -2.57. The summed E-state index contributed by atoms with van der Waals surface area (Å²) < 4.78 is 14.1. The summed E-state index contributed by atoms with van der Waals surface area (Å²) in [7, 11) is 0. The Kier molecular flexibility index (Phi) is 4.91. The van der Waals surface area contributed by atoms with Crippen molar-refractivity contribution in [3.8, 4) is 5.75 Å². The van der Waals surface area contributed by atoms with Gasteiger partial charge in [-0.25, -0.2) is 9.18 Å². The molecule has 1 aromatic carbocycles. The number of halogens is 1. The molecule has 1 atom stereocenters. The maximum absolute atomic E-state index is 13.0. The quantitative estimate of drug-likeness (QED) is 0.632. The normalized spacial score (nSPS) is 12.3. The Balaban J connectivity index is 2.21. The highest BCUT2D eigenvalue weighted by molar-refractivity contribution is 5.98. The van der Waals surface area contributed by atoms with Gasteiger partial charge in [0.2, 0.25) is 0 Å². The predicted molar refractivity (Wildman–Crippen MR) is 95.6 cm³/mol. The number of carbonyl (C=O) groups is 1. The highest BCUT2D eigenvalue weighted by Crippen LogP contribution is 2.28. The Bertz CT molecular complexity index is 1080. The number of carboxylic acids is 1. The molecule has 0 bridgehead atoms. The lowest BCUT2D eigenvalue weighted by Crippen LogP contribution is -2.30. The molecule has 0 aliphatic heterocycles. The van der Waals surface area contributed by atoms with Gasteiger partial charge in [-0.3, -0.25) is 9.78 Å². The minimum Gasteiger partial charge on any atom is -0.506 e. The number of rotatable bonds is 5. The van der Waals surface area contributed by atoms with Crippen LogP contribution in [0.1, 0.15) is 34.6 Å². The number of carboxylic acid groups (broad SMARTS) is 1. The summed E-state index contributed by atoms with van der Waals surface area (Å²) in [6.45, 7) is 1.16. The smallest absolute Gasteiger partial charge is 0.345 e. The highest BCUT2D eigenvalue weighted by atomic mass is 19.1. The Morgan fingerprint density at radius 2 is 1.96 bits per heavy atom. The van der Waals surface area contributed by atoms with Crippen molar-refractivity contribution in [2.45, 2.75) is 19.4 Å². The Morgan fingerprint density at radius 3 is 2.56 bits per heavy atom. The molecule has 0 fully saturated rings. The Morgan fingerprint density at radius 1 is 1.30 bits per heavy atom. The van der Waals surface area contributed by atoms with E-state index in [-0.39, 0.29) is 16.7 Å². The van der Waals surface area contributed by atoms with Gasteiger partial charge in [-0.05, 0) is 30.7 Å². The van der Waals surface area contributed by atoms with Crippen LogP contribution in [0.2, 0.25) is 0 Å². The number of hydrogen-bond acceptors (Lipinski definition) is 5. The molecular formula is C19H17FN2O5. The van der Waals surface area contributed by atoms with Crippen molar-refractivity contribution in [3.05, 3.63) is 69.5 Å². The second-order valence-electron chi connectivity index (χ2n) is 6.23. The molecule has 0 amide bonds. The molecule has 3 rings (SSSR count). The molecule has 2 aromatic heterocycles. The van der Waals surface area contributed by atoms with Crippen LogP contribution >= 0.6 is 0 Å². The van der Waals surface area contributed by atoms with E-state index in [1.165, 1.54) is 24.4 Å². The van der Waals surface area contributed by atoms with Crippen molar-refractivity contribution < 1.29 is 24.5 Å². The van der Waals surface area contributed by atoms with Crippen LogP contribution in [0.3, 0.4) is 0 Å². The number of aliphatic hydroxyl groups is 1. The number of pyridine rings is 2. The molecule has 0 saturated carbocycles. The number of nitrogens with zero attached hydrogens (tertiary/aromatic N) is 2. The Labute approximate surface area is 153 Å². The predicted octanol–water partition coefficient (Wildman–Crippen LogP) is 2.08. The second-order valence-corrected chi connectivity index (χ2v) is 6.23. The van der Waals surface area contributed by atoms with Crippen molar-refractivity contribution in [1.82, 2.24) is 9.55 Å². The lowest BCUT2D eigenvalue weighted by atomic mass is 10.1. The number of aromatic nitrogens is 2. The van der Waals surface area contributed by atoms with E-state index in [2.05, 4.69) is 4.98 Å². The number of fused-ring (bicyclic) bond motifs is 1. The van der Waals surface area contributed by atoms with E-state index in [1.807, 2.05) is 0 Å². The lowest BCUT2D eigenvalue weighted by molar-refractivity contribution is 0.0690. The first-order chi connectivity index (χ1) is 12.8. The molecule has 0 aliphatic rings. The average Bonchev–Trinajstić information content (AvgIpc) is 2.63. The summed E-state index contributed by atoms with van der Waals surface area (Å²) >= 11 is 0. The minimum absolute atomic E-state index is 0.138. The van der Waals surface area contributed by atoms with E-state index < -0.39 is 35.5 Å². The molecule has 3 aromatic rings. The van der Waals surface area contributed by atoms with Crippen LogP contribution in [0.25, 0.3) is 10.9 Å². The van der Waals surface area contributed by atoms with Gasteiger partial charge in [-0.2, -0.15) is 0 Å². The largest absolute Gasteiger partial charge is 0.506 e. The van der Waals surface area contributed by atoms with Gasteiger partial charge in [0, 0.05) is 17.5 Å². The monoisotopic (exact) mass is 372 g/mol. The molecule has 2 heterocycles. The first kappa shape index (κ1) is 18.5. The van der Waals surface area contributed by atoms with Crippen molar-refractivity contribution in [2.75, 3.05) is 6.61 Å². The van der Waals surface area contributed by atoms with E-state index in [4.69, 9.17) is 0 Å². The fraction of sp³-hybridized carbons (Fsp3) is 0.211. The number of aromatic hydroxyl groups is 1. The lowest BCUT2D eigenvalue weighted by Gasteiger charge is -2.18. The topological polar surface area (TPSA) is 113 Å². The molecule has 0 saturated heterocycles. The number of hydrogen-bond donors (Lipinski definition) is 3. The summed E-state index contributed by atoms with van der Waals surface area (Å²) in [6, 6.07) is 6.61. The zero-order chi connectivity index (χ0) is 19.7. The molecule has 3 N–H and O–H groups in total. The third-order valence-corrected chi connectivity index (χ3v) is 4.34. The molecule has 27 heavy (non-hydrogen) atoms. The zero-order valence-electron chi connectivity index (χ0n) is 14.4. The van der Waals surface area contributed by atoms with Gasteiger partial charge in [-0.15, -0.1) is 0 Å². The van der Waals surface area contributed by atoms with Gasteiger partial charge in [-0.1, -0.05) is 12.1 Å². The molecule has 140 valence electrons. The molecule has 8 heteroatoms. The molecule has 0 aliphatic carbocycles. The van der Waals surface area contributed by atoms with Crippen LogP contribution in [0, 0.1) is 5.82 Å². The van der Waals surface area contributed by atoms with E-state index in [0.29, 0.717) is 12.1 Å². The van der Waals surface area contributed by atoms with Crippen LogP contribution in [-0.2, 0) is 6.42 Å². The van der Waals surface area contributed by atoms with Gasteiger partial charge in [0.25, 0.3) is 5.56 Å². The third kappa shape index (κ3) is 3.39. The Hall–Kier alpha value is -3.26. The number of aliphatic hydroxyl groups excluding tert-OH is 1. The summed E-state index contributed by atoms with van der Waals surface area (Å²) in [5, 5.41) is 29.3. The summed E-state index contributed by atoms with van der Waals surface area (Å²) in [4.78, 5) is 28.2. The average molecular weight is 372 g/mol. The number of aromatic carboxylic acids is 1. The van der Waals surface area contributed by atoms with Crippen LogP contribution in [0.4, 0.5) is 4.39 Å². The van der Waals surface area contributed by atoms with Crippen molar-refractivity contribution >= 4 is 16.9 Å². The van der Waals surface area contributed by atoms with E-state index >= 15 is 0 Å². The molecular weight excluding hydrogens is 355 g/mol. The van der Waals surface area contributed by atoms with Gasteiger partial charge >= 0.3 is 5.97 Å². The fourth-order valence-corrected chi connectivity index (χ4v) is 2.96. The summed E-state index contributed by atoms with van der Waals surface area (Å²) in [6.07, 6.45) is 1.68. The standard InChI is InChI=1S/C19H17FN2O5/c1-10(9-23)22-15-8-21-13(6-11-2-4-12(20)5-3-11)7-14(15)17(24)16(18(22)25)19(26)27/h2-5,7-8,10,23-24H,6,9H2,1H3,(H,26,27). The first-order valence-electron chi connectivity index (χ1n) is 8.18. The van der Waals surface area contributed by atoms with E-state index in [0.717, 1.165) is 10.1 Å². The van der Waals surface area contributed by atoms with Gasteiger partial charge in [0.1, 0.15) is 11.6 Å². The maximum Gasteiger partial charge on any atom is 0.345 e. The first-order valence-corrected chi connectivity index (χ1v) is 8.18. The van der Waals surface area contributed by atoms with Gasteiger partial charge in [0.05, 0.1) is 24.4 Å². The van der Waals surface area contributed by atoms with Crippen molar-refractivity contribution in [1.29, 1.82) is 0 Å². The van der Waals surface area contributed by atoms with Crippen LogP contribution in [0.5, 0.6) is 5.75 Å². The minimum atomic E-state index is -1.56. The van der Waals surface area contributed by atoms with Gasteiger partial charge in [0.15, 0.2) is 5.56 Å². The molecule has 0 spiro atoms. The van der Waals surface area contributed by atoms with E-state index in [9.17, 15) is 29.3 Å². The second kappa shape index (κ2) is 7.16. The van der Waals surface area contributed by atoms with Crippen molar-refractivity contribution in [3.63, 3.8) is 0 Å². The highest BCUT2D eigenvalue weighted by Gasteiger charge is 2.24. The fourth-order valence-electron chi connectivity index (χ4n) is 2.96. The SMILES string of the molecule is CC(CO)n1c(=O)c(C(=O)O)c(O)c2cc(Cc3ccc(F)cc3)ncc21. The van der Waals surface area contributed by atoms with E-state index in [1.54, 1.807) is 19.1 Å². The molecule has 7 nitrogen and oxygen atoms in total. The van der Waals surface area contributed by atoms with Crippen LogP contribution in [0.15, 0.2) is 41.3 Å². The molecule has 1 unspecified atom stereocenters. The van der Waals surface area contributed by atoms with Crippen LogP contribution < -0.4 is 5.56 Å². The van der Waals surface area contributed by atoms with Gasteiger partial charge < -0.3 is 19.9 Å². The summed E-state index contributed by atoms with van der Waals surface area (Å²) in [5.41, 5.74) is -0.184. The van der Waals surface area contributed by atoms with Crippen molar-refractivity contribution in [2.24, 2.45) is 0 Å². The maximum atomic E-state index is 13.0. The van der Waals surface area contributed by atoms with Crippen LogP contribution in [-0.4, -0.2) is 37.4 Å². The third-order valence-electron chi connectivity index (χ3n) is 4.34. The molecule has 0 radical (unpaired) electrons. The zero-order valence-corrected chi connectivity index (χ0v) is 14.4.